The topological polar surface area (TPSA) is 117 Å². The second-order valence-electron chi connectivity index (χ2n) is 7.37. The lowest BCUT2D eigenvalue weighted by atomic mass is 10.1. The number of carbonyl (C=O) groups excluding carboxylic acids is 2. The van der Waals surface area contributed by atoms with Crippen molar-refractivity contribution >= 4 is 63.6 Å². The highest BCUT2D eigenvalue weighted by Gasteiger charge is 2.26. The predicted molar refractivity (Wildman–Crippen MR) is 141 cm³/mol. The Bertz CT molecular complexity index is 1440. The van der Waals surface area contributed by atoms with E-state index in [1.165, 1.54) is 31.4 Å². The Hall–Kier alpha value is -3.77. The Morgan fingerprint density at radius 3 is 2.64 bits per heavy atom. The first-order valence-electron chi connectivity index (χ1n) is 10.3. The zero-order valence-corrected chi connectivity index (χ0v) is 21.5. The molecule has 0 radical (unpaired) electrons. The standard InChI is InChI=1S/C25H16ClIN2O7/c1-34-22-11-14(9-18(27)23(22)35-13-21(30)15-5-3-2-4-6-15)10-19-25(31)36-24(28-19)16-7-8-17(26)20(12-16)29(32)33/h2-12H,13H2,1H3/b19-10-. The molecule has 1 aliphatic rings. The van der Waals surface area contributed by atoms with E-state index in [4.69, 9.17) is 25.8 Å². The van der Waals surface area contributed by atoms with Gasteiger partial charge in [0.2, 0.25) is 5.90 Å². The van der Waals surface area contributed by atoms with Crippen LogP contribution in [0.4, 0.5) is 5.69 Å². The van der Waals surface area contributed by atoms with Gasteiger partial charge in [0.1, 0.15) is 5.02 Å². The number of benzene rings is 3. The molecular weight excluding hydrogens is 603 g/mol. The Morgan fingerprint density at radius 1 is 1.19 bits per heavy atom. The molecule has 9 nitrogen and oxygen atoms in total. The zero-order valence-electron chi connectivity index (χ0n) is 18.6. The van der Waals surface area contributed by atoms with Crippen molar-refractivity contribution < 1.29 is 28.7 Å². The normalized spacial score (nSPS) is 13.8. The summed E-state index contributed by atoms with van der Waals surface area (Å²) in [5.41, 5.74) is 1.01. The number of hydrogen-bond acceptors (Lipinski definition) is 8. The fourth-order valence-electron chi connectivity index (χ4n) is 3.28. The third-order valence-corrected chi connectivity index (χ3v) is 6.13. The number of ketones is 1. The highest BCUT2D eigenvalue weighted by Crippen LogP contribution is 2.35. The maximum Gasteiger partial charge on any atom is 0.363 e. The second-order valence-corrected chi connectivity index (χ2v) is 8.94. The highest BCUT2D eigenvalue weighted by atomic mass is 127. The Labute approximate surface area is 223 Å². The molecule has 0 atom stereocenters. The summed E-state index contributed by atoms with van der Waals surface area (Å²) >= 11 is 7.89. The summed E-state index contributed by atoms with van der Waals surface area (Å²) in [6, 6.07) is 16.1. The van der Waals surface area contributed by atoms with Crippen LogP contribution in [0.5, 0.6) is 11.5 Å². The molecule has 11 heteroatoms. The van der Waals surface area contributed by atoms with Gasteiger partial charge in [0.25, 0.3) is 5.69 Å². The monoisotopic (exact) mass is 618 g/mol. The van der Waals surface area contributed by atoms with Crippen LogP contribution >= 0.6 is 34.2 Å². The van der Waals surface area contributed by atoms with Crippen molar-refractivity contribution in [1.82, 2.24) is 0 Å². The zero-order chi connectivity index (χ0) is 25.8. The van der Waals surface area contributed by atoms with Crippen LogP contribution in [-0.2, 0) is 9.53 Å². The number of cyclic esters (lactones) is 1. The summed E-state index contributed by atoms with van der Waals surface area (Å²) in [6.07, 6.45) is 1.49. The number of Topliss-reactive ketones (excluding diaryl/α,β-unsaturated/α-hetero) is 1. The van der Waals surface area contributed by atoms with Crippen LogP contribution in [0.15, 0.2) is 71.4 Å². The second kappa shape index (κ2) is 10.9. The van der Waals surface area contributed by atoms with E-state index < -0.39 is 10.9 Å². The van der Waals surface area contributed by atoms with E-state index in [-0.39, 0.29) is 40.3 Å². The molecule has 0 saturated carbocycles. The number of nitro groups is 1. The minimum absolute atomic E-state index is 0.00613. The van der Waals surface area contributed by atoms with Crippen molar-refractivity contribution in [2.45, 2.75) is 0 Å². The number of rotatable bonds is 8. The number of methoxy groups -OCH3 is 1. The summed E-state index contributed by atoms with van der Waals surface area (Å²) < 4.78 is 17.0. The van der Waals surface area contributed by atoms with Gasteiger partial charge in [-0.3, -0.25) is 14.9 Å². The number of halogens is 2. The summed E-state index contributed by atoms with van der Waals surface area (Å²) in [5.74, 6) is -0.232. The van der Waals surface area contributed by atoms with E-state index in [0.717, 1.165) is 0 Å². The van der Waals surface area contributed by atoms with E-state index in [1.807, 2.05) is 28.7 Å². The lowest BCUT2D eigenvalue weighted by molar-refractivity contribution is -0.384. The van der Waals surface area contributed by atoms with Gasteiger partial charge >= 0.3 is 5.97 Å². The maximum absolute atomic E-state index is 12.4. The number of nitrogens with zero attached hydrogens (tertiary/aromatic N) is 2. The highest BCUT2D eigenvalue weighted by molar-refractivity contribution is 14.1. The molecule has 0 amide bonds. The van der Waals surface area contributed by atoms with E-state index in [2.05, 4.69) is 4.99 Å². The van der Waals surface area contributed by atoms with Crippen LogP contribution in [0, 0.1) is 13.7 Å². The molecule has 0 fully saturated rings. The first kappa shape index (κ1) is 25.3. The van der Waals surface area contributed by atoms with Crippen LogP contribution in [0.25, 0.3) is 6.08 Å². The van der Waals surface area contributed by atoms with Gasteiger partial charge in [-0.25, -0.2) is 9.79 Å². The smallest absolute Gasteiger partial charge is 0.363 e. The molecule has 1 heterocycles. The molecule has 4 rings (SSSR count). The molecule has 3 aromatic carbocycles. The fourth-order valence-corrected chi connectivity index (χ4v) is 4.25. The lowest BCUT2D eigenvalue weighted by Crippen LogP contribution is -2.12. The Balaban J connectivity index is 1.58. The molecule has 0 aliphatic carbocycles. The van der Waals surface area contributed by atoms with Gasteiger partial charge in [-0.15, -0.1) is 0 Å². The van der Waals surface area contributed by atoms with Crippen LogP contribution < -0.4 is 9.47 Å². The average molecular weight is 619 g/mol. The molecule has 36 heavy (non-hydrogen) atoms. The Morgan fingerprint density at radius 2 is 1.94 bits per heavy atom. The molecule has 0 spiro atoms. The van der Waals surface area contributed by atoms with E-state index in [9.17, 15) is 19.7 Å². The van der Waals surface area contributed by atoms with Gasteiger partial charge in [0.05, 0.1) is 15.6 Å². The van der Waals surface area contributed by atoms with Crippen LogP contribution in [0.2, 0.25) is 5.02 Å². The number of carbonyl (C=O) groups is 2. The van der Waals surface area contributed by atoms with Gasteiger partial charge in [-0.1, -0.05) is 41.9 Å². The summed E-state index contributed by atoms with van der Waals surface area (Å²) in [6.45, 7) is -0.177. The Kier molecular flexibility index (Phi) is 7.65. The van der Waals surface area contributed by atoms with Crippen LogP contribution in [0.3, 0.4) is 0 Å². The van der Waals surface area contributed by atoms with Crippen molar-refractivity contribution in [2.75, 3.05) is 13.7 Å². The van der Waals surface area contributed by atoms with Gasteiger partial charge in [-0.2, -0.15) is 0 Å². The third-order valence-electron chi connectivity index (χ3n) is 5.01. The summed E-state index contributed by atoms with van der Waals surface area (Å²) in [4.78, 5) is 39.5. The fraction of sp³-hybridized carbons (Fsp3) is 0.0800. The number of esters is 1. The van der Waals surface area contributed by atoms with Crippen molar-refractivity contribution in [2.24, 2.45) is 4.99 Å². The largest absolute Gasteiger partial charge is 0.493 e. The summed E-state index contributed by atoms with van der Waals surface area (Å²) in [7, 11) is 1.46. The van der Waals surface area contributed by atoms with Crippen LogP contribution in [0.1, 0.15) is 21.5 Å². The SMILES string of the molecule is COc1cc(/C=C2\N=C(c3ccc(Cl)c([N+](=O)[O-])c3)OC2=O)cc(I)c1OCC(=O)c1ccccc1. The molecular formula is C25H16ClIN2O7. The molecule has 0 saturated heterocycles. The van der Waals surface area contributed by atoms with Crippen molar-refractivity contribution in [3.8, 4) is 11.5 Å². The van der Waals surface area contributed by atoms with Crippen LogP contribution in [-0.4, -0.2) is 36.3 Å². The summed E-state index contributed by atoms with van der Waals surface area (Å²) in [5, 5.41) is 11.1. The van der Waals surface area contributed by atoms with E-state index in [0.29, 0.717) is 26.2 Å². The van der Waals surface area contributed by atoms with Crippen molar-refractivity contribution in [3.63, 3.8) is 0 Å². The molecule has 0 N–H and O–H groups in total. The molecule has 0 unspecified atom stereocenters. The first-order valence-corrected chi connectivity index (χ1v) is 11.8. The van der Waals surface area contributed by atoms with E-state index >= 15 is 0 Å². The number of ether oxygens (including phenoxy) is 3. The van der Waals surface area contributed by atoms with Crippen molar-refractivity contribution in [3.05, 3.63) is 102 Å². The molecule has 1 aliphatic heterocycles. The van der Waals surface area contributed by atoms with Gasteiger partial charge in [0, 0.05) is 17.2 Å². The molecule has 0 aromatic heterocycles. The third kappa shape index (κ3) is 5.55. The average Bonchev–Trinajstić information content (AvgIpc) is 3.23. The van der Waals surface area contributed by atoms with Gasteiger partial charge < -0.3 is 14.2 Å². The number of aliphatic imine (C=N–C) groups is 1. The lowest BCUT2D eigenvalue weighted by Gasteiger charge is -2.13. The molecule has 182 valence electrons. The molecule has 0 bridgehead atoms. The van der Waals surface area contributed by atoms with Gasteiger partial charge in [-0.05, 0) is 58.5 Å². The number of nitro benzene ring substituents is 1. The maximum atomic E-state index is 12.4. The van der Waals surface area contributed by atoms with Crippen molar-refractivity contribution in [1.29, 1.82) is 0 Å². The minimum Gasteiger partial charge on any atom is -0.493 e. The first-order chi connectivity index (χ1) is 17.3. The minimum atomic E-state index is -0.717. The quantitative estimate of drug-likeness (QED) is 0.0821. The number of hydrogen-bond donors (Lipinski definition) is 0. The molecule has 3 aromatic rings. The van der Waals surface area contributed by atoms with E-state index in [1.54, 1.807) is 36.4 Å². The predicted octanol–water partition coefficient (Wildman–Crippen LogP) is 5.47. The van der Waals surface area contributed by atoms with Gasteiger partial charge in [0.15, 0.2) is 29.6 Å².